The van der Waals surface area contributed by atoms with Crippen molar-refractivity contribution in [3.05, 3.63) is 18.3 Å². The van der Waals surface area contributed by atoms with Crippen LogP contribution in [-0.2, 0) is 9.53 Å². The van der Waals surface area contributed by atoms with Gasteiger partial charge in [0.2, 0.25) is 5.91 Å². The highest BCUT2D eigenvalue weighted by Crippen LogP contribution is 2.16. The summed E-state index contributed by atoms with van der Waals surface area (Å²) in [4.78, 5) is 18.8. The van der Waals surface area contributed by atoms with Gasteiger partial charge in [-0.15, -0.1) is 0 Å². The van der Waals surface area contributed by atoms with Crippen LogP contribution in [0.25, 0.3) is 0 Å². The van der Waals surface area contributed by atoms with Crippen molar-refractivity contribution in [2.24, 2.45) is 0 Å². The number of morpholine rings is 1. The first kappa shape index (κ1) is 14.3. The topological polar surface area (TPSA) is 66.5 Å². The summed E-state index contributed by atoms with van der Waals surface area (Å²) < 4.78 is 5.33. The lowest BCUT2D eigenvalue weighted by Crippen LogP contribution is -2.43. The molecule has 1 aromatic rings. The quantitative estimate of drug-likeness (QED) is 0.869. The highest BCUT2D eigenvalue weighted by molar-refractivity contribution is 5.94. The molecule has 2 aliphatic heterocycles. The number of carbonyl (C=O) groups is 1. The molecule has 0 aliphatic carbocycles. The molecule has 6 heteroatoms. The molecule has 2 aliphatic rings. The van der Waals surface area contributed by atoms with Crippen LogP contribution < -0.4 is 15.5 Å². The van der Waals surface area contributed by atoms with Crippen molar-refractivity contribution in [1.82, 2.24) is 10.3 Å². The van der Waals surface area contributed by atoms with Crippen molar-refractivity contribution in [1.29, 1.82) is 0 Å². The van der Waals surface area contributed by atoms with Crippen LogP contribution in [0.1, 0.15) is 19.3 Å². The van der Waals surface area contributed by atoms with E-state index in [0.717, 1.165) is 63.6 Å². The lowest BCUT2D eigenvalue weighted by atomic mass is 10.0. The highest BCUT2D eigenvalue weighted by atomic mass is 16.5. The Morgan fingerprint density at radius 2 is 2.19 bits per heavy atom. The van der Waals surface area contributed by atoms with Crippen molar-refractivity contribution < 1.29 is 9.53 Å². The third-order valence-corrected chi connectivity index (χ3v) is 3.98. The molecule has 1 atom stereocenters. The summed E-state index contributed by atoms with van der Waals surface area (Å²) >= 11 is 0. The molecule has 1 aromatic heterocycles. The maximum absolute atomic E-state index is 12.1. The Hall–Kier alpha value is -1.66. The van der Waals surface area contributed by atoms with Gasteiger partial charge < -0.3 is 20.3 Å². The van der Waals surface area contributed by atoms with Gasteiger partial charge in [-0.2, -0.15) is 0 Å². The largest absolute Gasteiger partial charge is 0.378 e. The first-order valence-electron chi connectivity index (χ1n) is 7.66. The van der Waals surface area contributed by atoms with E-state index in [-0.39, 0.29) is 11.9 Å². The fourth-order valence-electron chi connectivity index (χ4n) is 2.74. The molecular formula is C15H22N4O2. The molecule has 1 amide bonds. The van der Waals surface area contributed by atoms with Crippen LogP contribution in [0, 0.1) is 0 Å². The number of anilines is 2. The molecule has 0 saturated carbocycles. The van der Waals surface area contributed by atoms with Gasteiger partial charge >= 0.3 is 0 Å². The molecule has 0 aromatic carbocycles. The van der Waals surface area contributed by atoms with E-state index in [0.29, 0.717) is 0 Å². The van der Waals surface area contributed by atoms with E-state index in [1.165, 1.54) is 0 Å². The van der Waals surface area contributed by atoms with E-state index < -0.39 is 0 Å². The predicted molar refractivity (Wildman–Crippen MR) is 81.5 cm³/mol. The van der Waals surface area contributed by atoms with Crippen molar-refractivity contribution in [3.8, 4) is 0 Å². The number of pyridine rings is 1. The van der Waals surface area contributed by atoms with Crippen LogP contribution in [0.5, 0.6) is 0 Å². The normalized spacial score (nSPS) is 22.9. The number of nitrogens with zero attached hydrogens (tertiary/aromatic N) is 2. The van der Waals surface area contributed by atoms with Gasteiger partial charge in [0.15, 0.2) is 0 Å². The zero-order valence-corrected chi connectivity index (χ0v) is 12.2. The Labute approximate surface area is 124 Å². The highest BCUT2D eigenvalue weighted by Gasteiger charge is 2.20. The van der Waals surface area contributed by atoms with Crippen molar-refractivity contribution in [3.63, 3.8) is 0 Å². The summed E-state index contributed by atoms with van der Waals surface area (Å²) in [5, 5.41) is 6.18. The molecule has 3 rings (SSSR count). The minimum Gasteiger partial charge on any atom is -0.378 e. The minimum atomic E-state index is -0.0716. The molecule has 0 radical (unpaired) electrons. The SMILES string of the molecule is O=C(Nc1ccc(N2CCOCC2)nc1)C1CCCCN1. The molecule has 0 spiro atoms. The Morgan fingerprint density at radius 1 is 1.33 bits per heavy atom. The van der Waals surface area contributed by atoms with Gasteiger partial charge in [-0.3, -0.25) is 4.79 Å². The van der Waals surface area contributed by atoms with Crippen LogP contribution in [0.15, 0.2) is 18.3 Å². The third-order valence-electron chi connectivity index (χ3n) is 3.98. The van der Waals surface area contributed by atoms with Gasteiger partial charge in [-0.25, -0.2) is 4.98 Å². The molecule has 21 heavy (non-hydrogen) atoms. The molecule has 2 saturated heterocycles. The van der Waals surface area contributed by atoms with E-state index in [4.69, 9.17) is 4.74 Å². The number of carbonyl (C=O) groups excluding carboxylic acids is 1. The van der Waals surface area contributed by atoms with E-state index in [1.807, 2.05) is 12.1 Å². The van der Waals surface area contributed by atoms with Gasteiger partial charge in [0.25, 0.3) is 0 Å². The number of ether oxygens (including phenoxy) is 1. The maximum atomic E-state index is 12.1. The summed E-state index contributed by atoms with van der Waals surface area (Å²) in [6.45, 7) is 4.14. The predicted octanol–water partition coefficient (Wildman–Crippen LogP) is 0.999. The Morgan fingerprint density at radius 3 is 2.86 bits per heavy atom. The summed E-state index contributed by atoms with van der Waals surface area (Å²) in [7, 11) is 0. The van der Waals surface area contributed by atoms with Gasteiger partial charge in [0.1, 0.15) is 5.82 Å². The Bertz CT molecular complexity index is 465. The molecule has 114 valence electrons. The monoisotopic (exact) mass is 290 g/mol. The van der Waals surface area contributed by atoms with E-state index in [2.05, 4.69) is 20.5 Å². The van der Waals surface area contributed by atoms with Crippen LogP contribution in [-0.4, -0.2) is 49.8 Å². The number of aromatic nitrogens is 1. The molecule has 2 fully saturated rings. The Balaban J connectivity index is 1.57. The fraction of sp³-hybridized carbons (Fsp3) is 0.600. The molecule has 3 heterocycles. The number of nitrogens with one attached hydrogen (secondary N) is 2. The number of rotatable bonds is 3. The summed E-state index contributed by atoms with van der Waals surface area (Å²) in [5.74, 6) is 0.975. The first-order chi connectivity index (χ1) is 10.3. The fourth-order valence-corrected chi connectivity index (χ4v) is 2.74. The second-order valence-corrected chi connectivity index (χ2v) is 5.50. The van der Waals surface area contributed by atoms with Crippen molar-refractivity contribution in [2.45, 2.75) is 25.3 Å². The molecule has 1 unspecified atom stereocenters. The zero-order valence-electron chi connectivity index (χ0n) is 12.2. The zero-order chi connectivity index (χ0) is 14.5. The van der Waals surface area contributed by atoms with E-state index in [9.17, 15) is 4.79 Å². The van der Waals surface area contributed by atoms with Crippen LogP contribution >= 0.6 is 0 Å². The lowest BCUT2D eigenvalue weighted by Gasteiger charge is -2.27. The molecule has 0 bridgehead atoms. The van der Waals surface area contributed by atoms with Gasteiger partial charge in [-0.05, 0) is 31.5 Å². The van der Waals surface area contributed by atoms with Crippen molar-refractivity contribution in [2.75, 3.05) is 43.1 Å². The number of hydrogen-bond donors (Lipinski definition) is 2. The standard InChI is InChI=1S/C15H22N4O2/c20-15(13-3-1-2-6-16-13)18-12-4-5-14(17-11-12)19-7-9-21-10-8-19/h4-5,11,13,16H,1-3,6-10H2,(H,18,20). The van der Waals surface area contributed by atoms with Gasteiger partial charge in [0.05, 0.1) is 31.1 Å². The average molecular weight is 290 g/mol. The summed E-state index contributed by atoms with van der Waals surface area (Å²) in [6, 6.07) is 3.80. The number of hydrogen-bond acceptors (Lipinski definition) is 5. The van der Waals surface area contributed by atoms with E-state index >= 15 is 0 Å². The number of piperidine rings is 1. The minimum absolute atomic E-state index is 0.0376. The summed E-state index contributed by atoms with van der Waals surface area (Å²) in [5.41, 5.74) is 0.754. The van der Waals surface area contributed by atoms with Crippen LogP contribution in [0.2, 0.25) is 0 Å². The molecule has 6 nitrogen and oxygen atoms in total. The molecular weight excluding hydrogens is 268 g/mol. The second kappa shape index (κ2) is 6.87. The first-order valence-corrected chi connectivity index (χ1v) is 7.66. The smallest absolute Gasteiger partial charge is 0.241 e. The Kier molecular flexibility index (Phi) is 4.67. The second-order valence-electron chi connectivity index (χ2n) is 5.50. The average Bonchev–Trinajstić information content (AvgIpc) is 2.57. The number of amides is 1. The van der Waals surface area contributed by atoms with Crippen molar-refractivity contribution >= 4 is 17.4 Å². The van der Waals surface area contributed by atoms with Gasteiger partial charge in [0, 0.05) is 13.1 Å². The van der Waals surface area contributed by atoms with Crippen LogP contribution in [0.4, 0.5) is 11.5 Å². The summed E-state index contributed by atoms with van der Waals surface area (Å²) in [6.07, 6.45) is 4.90. The van der Waals surface area contributed by atoms with Crippen LogP contribution in [0.3, 0.4) is 0 Å². The van der Waals surface area contributed by atoms with E-state index in [1.54, 1.807) is 6.20 Å². The molecule has 2 N–H and O–H groups in total. The third kappa shape index (κ3) is 3.71. The van der Waals surface area contributed by atoms with Gasteiger partial charge in [-0.1, -0.05) is 6.42 Å². The maximum Gasteiger partial charge on any atom is 0.241 e. The lowest BCUT2D eigenvalue weighted by molar-refractivity contribution is -0.118.